The molecule has 1 fully saturated rings. The molecule has 0 radical (unpaired) electrons. The lowest BCUT2D eigenvalue weighted by Crippen LogP contribution is -2.33. The molecular weight excluding hydrogens is 284 g/mol. The largest absolute Gasteiger partial charge is 0.365 e. The summed E-state index contributed by atoms with van der Waals surface area (Å²) in [5.41, 5.74) is 1.78. The molecule has 1 saturated heterocycles. The average Bonchev–Trinajstić information content (AvgIpc) is 2.77. The molecule has 0 aromatic heterocycles. The lowest BCUT2D eigenvalue weighted by Gasteiger charge is -2.14. The van der Waals surface area contributed by atoms with Crippen molar-refractivity contribution in [2.75, 3.05) is 5.32 Å². The number of nitrogens with zero attached hydrogens (tertiary/aromatic N) is 1. The summed E-state index contributed by atoms with van der Waals surface area (Å²) in [7, 11) is 0. The van der Waals surface area contributed by atoms with Gasteiger partial charge in [-0.05, 0) is 29.5 Å². The molecule has 2 aromatic rings. The number of anilines is 1. The Morgan fingerprint density at radius 1 is 0.952 bits per heavy atom. The SMILES string of the molecule is O=C1S[C@H](Nc2ccccc2)C(=O)N1Cc1ccccc1. The molecule has 0 bridgehead atoms. The molecule has 21 heavy (non-hydrogen) atoms. The first-order chi connectivity index (χ1) is 10.2. The van der Waals surface area contributed by atoms with Crippen molar-refractivity contribution in [1.29, 1.82) is 0 Å². The van der Waals surface area contributed by atoms with Crippen LogP contribution in [0.4, 0.5) is 10.5 Å². The fourth-order valence-corrected chi connectivity index (χ4v) is 3.04. The number of thioether (sulfide) groups is 1. The van der Waals surface area contributed by atoms with Gasteiger partial charge in [0, 0.05) is 5.69 Å². The maximum atomic E-state index is 12.3. The number of carbonyl (C=O) groups excluding carboxylic acids is 2. The quantitative estimate of drug-likeness (QED) is 0.940. The van der Waals surface area contributed by atoms with Crippen molar-refractivity contribution in [2.24, 2.45) is 0 Å². The van der Waals surface area contributed by atoms with Gasteiger partial charge >= 0.3 is 0 Å². The van der Waals surface area contributed by atoms with Crippen LogP contribution in [-0.2, 0) is 11.3 Å². The Labute approximate surface area is 127 Å². The molecule has 1 N–H and O–H groups in total. The molecule has 0 saturated carbocycles. The first-order valence-electron chi connectivity index (χ1n) is 6.61. The maximum Gasteiger partial charge on any atom is 0.291 e. The highest BCUT2D eigenvalue weighted by Gasteiger charge is 2.39. The third-order valence-electron chi connectivity index (χ3n) is 3.18. The normalized spacial score (nSPS) is 18.1. The van der Waals surface area contributed by atoms with Gasteiger partial charge in [0.2, 0.25) is 0 Å². The van der Waals surface area contributed by atoms with Gasteiger partial charge < -0.3 is 5.32 Å². The van der Waals surface area contributed by atoms with E-state index in [2.05, 4.69) is 5.32 Å². The van der Waals surface area contributed by atoms with Crippen molar-refractivity contribution in [3.05, 3.63) is 66.2 Å². The number of carbonyl (C=O) groups is 2. The number of rotatable bonds is 4. The van der Waals surface area contributed by atoms with Crippen molar-refractivity contribution >= 4 is 28.6 Å². The first kappa shape index (κ1) is 13.7. The Balaban J connectivity index is 1.70. The van der Waals surface area contributed by atoms with E-state index in [0.717, 1.165) is 23.0 Å². The zero-order valence-electron chi connectivity index (χ0n) is 11.2. The smallest absolute Gasteiger partial charge is 0.291 e. The van der Waals surface area contributed by atoms with Crippen molar-refractivity contribution in [2.45, 2.75) is 11.9 Å². The predicted molar refractivity (Wildman–Crippen MR) is 83.8 cm³/mol. The topological polar surface area (TPSA) is 49.4 Å². The molecule has 2 aromatic carbocycles. The van der Waals surface area contributed by atoms with E-state index in [-0.39, 0.29) is 11.1 Å². The van der Waals surface area contributed by atoms with E-state index in [1.54, 1.807) is 0 Å². The first-order valence-corrected chi connectivity index (χ1v) is 7.49. The van der Waals surface area contributed by atoms with Crippen LogP contribution in [-0.4, -0.2) is 21.4 Å². The van der Waals surface area contributed by atoms with Crippen LogP contribution in [0.25, 0.3) is 0 Å². The lowest BCUT2D eigenvalue weighted by atomic mass is 10.2. The summed E-state index contributed by atoms with van der Waals surface area (Å²) in [6, 6.07) is 18.9. The van der Waals surface area contributed by atoms with Gasteiger partial charge in [-0.1, -0.05) is 48.5 Å². The highest BCUT2D eigenvalue weighted by atomic mass is 32.2. The number of nitrogens with one attached hydrogen (secondary N) is 1. The predicted octanol–water partition coefficient (Wildman–Crippen LogP) is 3.32. The summed E-state index contributed by atoms with van der Waals surface area (Å²) < 4.78 is 0. The van der Waals surface area contributed by atoms with Crippen LogP contribution in [0.5, 0.6) is 0 Å². The van der Waals surface area contributed by atoms with E-state index < -0.39 is 5.37 Å². The zero-order chi connectivity index (χ0) is 14.7. The van der Waals surface area contributed by atoms with Gasteiger partial charge in [0.1, 0.15) is 0 Å². The fourth-order valence-electron chi connectivity index (χ4n) is 2.13. The van der Waals surface area contributed by atoms with E-state index in [1.807, 2.05) is 60.7 Å². The van der Waals surface area contributed by atoms with Crippen molar-refractivity contribution in [3.8, 4) is 0 Å². The van der Waals surface area contributed by atoms with Crippen molar-refractivity contribution in [3.63, 3.8) is 0 Å². The molecule has 1 heterocycles. The summed E-state index contributed by atoms with van der Waals surface area (Å²) in [5.74, 6) is -0.197. The van der Waals surface area contributed by atoms with Gasteiger partial charge in [-0.15, -0.1) is 0 Å². The summed E-state index contributed by atoms with van der Waals surface area (Å²) in [4.78, 5) is 25.7. The molecular formula is C16H14N2O2S. The average molecular weight is 298 g/mol. The Morgan fingerprint density at radius 2 is 1.57 bits per heavy atom. The fraction of sp³-hybridized carbons (Fsp3) is 0.125. The summed E-state index contributed by atoms with van der Waals surface area (Å²) >= 11 is 1.02. The third-order valence-corrected chi connectivity index (χ3v) is 4.16. The standard InChI is InChI=1S/C16H14N2O2S/c19-15-14(17-13-9-5-2-6-10-13)21-16(20)18(15)11-12-7-3-1-4-8-12/h1-10,14,17H,11H2/t14-/m0/s1. The van der Waals surface area contributed by atoms with E-state index in [0.29, 0.717) is 6.54 Å². The number of para-hydroxylation sites is 1. The van der Waals surface area contributed by atoms with Gasteiger partial charge in [0.15, 0.2) is 5.37 Å². The van der Waals surface area contributed by atoms with Crippen LogP contribution in [0.15, 0.2) is 60.7 Å². The summed E-state index contributed by atoms with van der Waals surface area (Å²) in [6.45, 7) is 0.318. The maximum absolute atomic E-state index is 12.3. The van der Waals surface area contributed by atoms with Crippen LogP contribution in [0.2, 0.25) is 0 Å². The lowest BCUT2D eigenvalue weighted by molar-refractivity contribution is -0.126. The number of imide groups is 1. The molecule has 3 rings (SSSR count). The van der Waals surface area contributed by atoms with Gasteiger partial charge in [-0.2, -0.15) is 0 Å². The molecule has 2 amide bonds. The molecule has 1 aliphatic heterocycles. The van der Waals surface area contributed by atoms with Crippen LogP contribution >= 0.6 is 11.8 Å². The number of benzene rings is 2. The third kappa shape index (κ3) is 3.08. The molecule has 0 aliphatic carbocycles. The van der Waals surface area contributed by atoms with Gasteiger partial charge in [-0.25, -0.2) is 0 Å². The highest BCUT2D eigenvalue weighted by molar-refractivity contribution is 8.15. The Kier molecular flexibility index (Phi) is 3.92. The zero-order valence-corrected chi connectivity index (χ0v) is 12.0. The summed E-state index contributed by atoms with van der Waals surface area (Å²) in [6.07, 6.45) is 0. The Morgan fingerprint density at radius 3 is 2.24 bits per heavy atom. The van der Waals surface area contributed by atoms with Crippen LogP contribution in [0.3, 0.4) is 0 Å². The number of hydrogen-bond acceptors (Lipinski definition) is 4. The second kappa shape index (κ2) is 6.01. The monoisotopic (exact) mass is 298 g/mol. The van der Waals surface area contributed by atoms with E-state index in [1.165, 1.54) is 4.90 Å². The van der Waals surface area contributed by atoms with Crippen LogP contribution in [0.1, 0.15) is 5.56 Å². The van der Waals surface area contributed by atoms with Gasteiger partial charge in [0.25, 0.3) is 11.1 Å². The molecule has 4 nitrogen and oxygen atoms in total. The van der Waals surface area contributed by atoms with Crippen molar-refractivity contribution in [1.82, 2.24) is 4.90 Å². The molecule has 1 atom stereocenters. The van der Waals surface area contributed by atoms with Crippen LogP contribution in [0, 0.1) is 0 Å². The second-order valence-corrected chi connectivity index (χ2v) is 5.74. The Hall–Kier alpha value is -2.27. The molecule has 0 spiro atoms. The second-order valence-electron chi connectivity index (χ2n) is 4.68. The molecule has 0 unspecified atom stereocenters. The van der Waals surface area contributed by atoms with E-state index in [4.69, 9.17) is 0 Å². The van der Waals surface area contributed by atoms with E-state index >= 15 is 0 Å². The van der Waals surface area contributed by atoms with Gasteiger partial charge in [0.05, 0.1) is 6.54 Å². The minimum absolute atomic E-state index is 0.197. The molecule has 106 valence electrons. The van der Waals surface area contributed by atoms with E-state index in [9.17, 15) is 9.59 Å². The minimum atomic E-state index is -0.552. The molecule has 5 heteroatoms. The van der Waals surface area contributed by atoms with Crippen molar-refractivity contribution < 1.29 is 9.59 Å². The number of amides is 2. The minimum Gasteiger partial charge on any atom is -0.365 e. The van der Waals surface area contributed by atoms with Crippen LogP contribution < -0.4 is 5.32 Å². The Bertz CT molecular complexity index is 646. The summed E-state index contributed by atoms with van der Waals surface area (Å²) in [5, 5.41) is 2.32. The van der Waals surface area contributed by atoms with Gasteiger partial charge in [-0.3, -0.25) is 14.5 Å². The molecule has 1 aliphatic rings. The highest BCUT2D eigenvalue weighted by Crippen LogP contribution is 2.29. The number of hydrogen-bond donors (Lipinski definition) is 1.